The van der Waals surface area contributed by atoms with Crippen molar-refractivity contribution < 1.29 is 37.2 Å². The Balaban J connectivity index is 2.11. The molecule has 0 aromatic heterocycles. The number of carbonyl (C=O) groups is 3. The fourth-order valence-electron chi connectivity index (χ4n) is 2.41. The second-order valence-corrected chi connectivity index (χ2v) is 6.26. The summed E-state index contributed by atoms with van der Waals surface area (Å²) in [4.78, 5) is 45.6. The van der Waals surface area contributed by atoms with Crippen LogP contribution in [-0.4, -0.2) is 29.3 Å². The summed E-state index contributed by atoms with van der Waals surface area (Å²) >= 11 is 0. The molecule has 0 aliphatic carbocycles. The van der Waals surface area contributed by atoms with Gasteiger partial charge >= 0.3 is 12.1 Å². The van der Waals surface area contributed by atoms with Gasteiger partial charge in [0.25, 0.3) is 11.6 Å². The molecule has 2 aromatic rings. The molecular formula is C20H16F3N3O6. The van der Waals surface area contributed by atoms with Crippen molar-refractivity contribution >= 4 is 35.2 Å². The third-order valence-electron chi connectivity index (χ3n) is 3.77. The Morgan fingerprint density at radius 1 is 1.12 bits per heavy atom. The Hall–Kier alpha value is -4.22. The lowest BCUT2D eigenvalue weighted by Crippen LogP contribution is -2.29. The van der Waals surface area contributed by atoms with Gasteiger partial charge in [0.1, 0.15) is 11.4 Å². The molecular weight excluding hydrogens is 435 g/mol. The van der Waals surface area contributed by atoms with Crippen LogP contribution in [-0.2, 0) is 25.3 Å². The summed E-state index contributed by atoms with van der Waals surface area (Å²) in [7, 11) is 0. The van der Waals surface area contributed by atoms with Crippen molar-refractivity contribution in [2.45, 2.75) is 13.1 Å². The lowest BCUT2D eigenvalue weighted by Gasteiger charge is -2.11. The zero-order valence-electron chi connectivity index (χ0n) is 16.4. The Labute approximate surface area is 179 Å². The molecule has 0 fully saturated rings. The predicted molar refractivity (Wildman–Crippen MR) is 106 cm³/mol. The number of rotatable bonds is 7. The number of hydrogen-bond donors (Lipinski definition) is 2. The van der Waals surface area contributed by atoms with E-state index in [4.69, 9.17) is 4.74 Å². The van der Waals surface area contributed by atoms with Crippen LogP contribution in [0.4, 0.5) is 24.5 Å². The van der Waals surface area contributed by atoms with Gasteiger partial charge in [-0.2, -0.15) is 13.2 Å². The third kappa shape index (κ3) is 6.93. The summed E-state index contributed by atoms with van der Waals surface area (Å²) in [6.45, 7) is 0.241. The van der Waals surface area contributed by atoms with E-state index in [2.05, 4.69) is 5.32 Å². The summed E-state index contributed by atoms with van der Waals surface area (Å²) in [6, 6.07) is 9.96. The molecule has 9 nitrogen and oxygen atoms in total. The first-order chi connectivity index (χ1) is 15.0. The molecule has 0 unspecified atom stereocenters. The molecule has 2 N–H and O–H groups in total. The molecule has 12 heteroatoms. The zero-order chi connectivity index (χ0) is 23.9. The minimum Gasteiger partial charge on any atom is -0.451 e. The Morgan fingerprint density at radius 3 is 2.34 bits per heavy atom. The maximum absolute atomic E-state index is 12.8. The summed E-state index contributed by atoms with van der Waals surface area (Å²) in [5.74, 6) is -2.68. The molecule has 2 rings (SSSR count). The topological polar surface area (TPSA) is 128 Å². The maximum atomic E-state index is 12.8. The van der Waals surface area contributed by atoms with Gasteiger partial charge in [0.15, 0.2) is 6.61 Å². The maximum Gasteiger partial charge on any atom is 0.416 e. The van der Waals surface area contributed by atoms with Gasteiger partial charge in [0.2, 0.25) is 5.91 Å². The van der Waals surface area contributed by atoms with Crippen LogP contribution in [0.3, 0.4) is 0 Å². The van der Waals surface area contributed by atoms with E-state index in [1.807, 2.05) is 5.32 Å². The van der Waals surface area contributed by atoms with E-state index in [-0.39, 0.29) is 11.8 Å². The smallest absolute Gasteiger partial charge is 0.416 e. The molecule has 2 amide bonds. The molecule has 32 heavy (non-hydrogen) atoms. The van der Waals surface area contributed by atoms with Crippen molar-refractivity contribution in [3.8, 4) is 0 Å². The molecule has 0 bridgehead atoms. The zero-order valence-corrected chi connectivity index (χ0v) is 16.4. The van der Waals surface area contributed by atoms with Crippen LogP contribution in [0, 0.1) is 10.1 Å². The molecule has 168 valence electrons. The molecule has 0 saturated heterocycles. The number of esters is 1. The van der Waals surface area contributed by atoms with Crippen molar-refractivity contribution in [2.75, 3.05) is 11.9 Å². The van der Waals surface area contributed by atoms with Crippen LogP contribution >= 0.6 is 0 Å². The number of anilines is 1. The third-order valence-corrected chi connectivity index (χ3v) is 3.77. The quantitative estimate of drug-likeness (QED) is 0.288. The van der Waals surface area contributed by atoms with Crippen molar-refractivity contribution in [1.29, 1.82) is 0 Å². The number of nitro benzene ring substituents is 1. The van der Waals surface area contributed by atoms with Crippen LogP contribution in [0.2, 0.25) is 0 Å². The van der Waals surface area contributed by atoms with Gasteiger partial charge < -0.3 is 15.4 Å². The van der Waals surface area contributed by atoms with Gasteiger partial charge in [-0.05, 0) is 23.8 Å². The van der Waals surface area contributed by atoms with Crippen LogP contribution in [0.1, 0.15) is 18.1 Å². The van der Waals surface area contributed by atoms with Crippen LogP contribution in [0.15, 0.2) is 54.2 Å². The minimum absolute atomic E-state index is 0.267. The first kappa shape index (κ1) is 24.1. The number of alkyl halides is 3. The van der Waals surface area contributed by atoms with E-state index in [0.29, 0.717) is 11.6 Å². The largest absolute Gasteiger partial charge is 0.451 e. The van der Waals surface area contributed by atoms with E-state index in [0.717, 1.165) is 13.0 Å². The number of nitrogens with one attached hydrogen (secondary N) is 2. The van der Waals surface area contributed by atoms with Crippen molar-refractivity contribution in [3.63, 3.8) is 0 Å². The summed E-state index contributed by atoms with van der Waals surface area (Å²) in [5.41, 5.74) is -2.47. The average molecular weight is 451 g/mol. The molecule has 0 heterocycles. The monoisotopic (exact) mass is 451 g/mol. The summed E-state index contributed by atoms with van der Waals surface area (Å²) in [5, 5.41) is 15.4. The number of carbonyl (C=O) groups excluding carboxylic acids is 3. The normalized spacial score (nSPS) is 11.4. The van der Waals surface area contributed by atoms with Gasteiger partial charge in [-0.15, -0.1) is 0 Å². The second kappa shape index (κ2) is 10.2. The Morgan fingerprint density at radius 2 is 1.78 bits per heavy atom. The minimum atomic E-state index is -4.81. The summed E-state index contributed by atoms with van der Waals surface area (Å²) < 4.78 is 43.1. The fraction of sp³-hybridized carbons (Fsp3) is 0.150. The second-order valence-electron chi connectivity index (χ2n) is 6.26. The van der Waals surface area contributed by atoms with Crippen LogP contribution < -0.4 is 10.6 Å². The molecule has 0 atom stereocenters. The Kier molecular flexibility index (Phi) is 7.66. The SMILES string of the molecule is CC(=O)NC(=Cc1ccccc1)C(=O)OCC(=O)Nc1ccc(C(F)(F)F)cc1[N+](=O)[O-]. The highest BCUT2D eigenvalue weighted by Gasteiger charge is 2.33. The first-order valence-electron chi connectivity index (χ1n) is 8.84. The van der Waals surface area contributed by atoms with Crippen LogP contribution in [0.25, 0.3) is 6.08 Å². The highest BCUT2D eigenvalue weighted by atomic mass is 19.4. The lowest BCUT2D eigenvalue weighted by atomic mass is 10.1. The number of halogens is 3. The van der Waals surface area contributed by atoms with E-state index in [9.17, 15) is 37.7 Å². The highest BCUT2D eigenvalue weighted by Crippen LogP contribution is 2.34. The standard InChI is InChI=1S/C20H16F3N3O6/c1-12(27)24-16(9-13-5-3-2-4-6-13)19(29)32-11-18(28)25-15-8-7-14(20(21,22)23)10-17(15)26(30)31/h2-10H,11H2,1H3,(H,24,27)(H,25,28). The predicted octanol–water partition coefficient (Wildman–Crippen LogP) is 3.27. The van der Waals surface area contributed by atoms with Crippen molar-refractivity contribution in [2.24, 2.45) is 0 Å². The first-order valence-corrected chi connectivity index (χ1v) is 8.84. The highest BCUT2D eigenvalue weighted by molar-refractivity contribution is 6.00. The van der Waals surface area contributed by atoms with Crippen molar-refractivity contribution in [3.05, 3.63) is 75.5 Å². The average Bonchev–Trinajstić information content (AvgIpc) is 2.71. The van der Waals surface area contributed by atoms with Crippen molar-refractivity contribution in [1.82, 2.24) is 5.32 Å². The molecule has 0 spiro atoms. The number of hydrogen-bond acceptors (Lipinski definition) is 6. The lowest BCUT2D eigenvalue weighted by molar-refractivity contribution is -0.384. The summed E-state index contributed by atoms with van der Waals surface area (Å²) in [6.07, 6.45) is -3.50. The molecule has 0 saturated carbocycles. The van der Waals surface area contributed by atoms with Gasteiger partial charge in [0, 0.05) is 13.0 Å². The molecule has 0 radical (unpaired) electrons. The molecule has 0 aliphatic rings. The number of nitro groups is 1. The number of ether oxygens (including phenoxy) is 1. The van der Waals surface area contributed by atoms with Gasteiger partial charge in [-0.1, -0.05) is 30.3 Å². The van der Waals surface area contributed by atoms with Gasteiger partial charge in [0.05, 0.1) is 10.5 Å². The van der Waals surface area contributed by atoms with E-state index in [1.165, 1.54) is 6.08 Å². The van der Waals surface area contributed by atoms with Gasteiger partial charge in [-0.3, -0.25) is 19.7 Å². The van der Waals surface area contributed by atoms with E-state index >= 15 is 0 Å². The molecule has 2 aromatic carbocycles. The van der Waals surface area contributed by atoms with Crippen LogP contribution in [0.5, 0.6) is 0 Å². The number of nitrogens with zero attached hydrogens (tertiary/aromatic N) is 1. The molecule has 0 aliphatic heterocycles. The van der Waals surface area contributed by atoms with Gasteiger partial charge in [-0.25, -0.2) is 4.79 Å². The van der Waals surface area contributed by atoms with E-state index < -0.39 is 52.4 Å². The number of benzene rings is 2. The van der Waals surface area contributed by atoms with E-state index in [1.54, 1.807) is 30.3 Å². The number of amides is 2. The Bertz CT molecular complexity index is 1070. The fourth-order valence-corrected chi connectivity index (χ4v) is 2.41.